The minimum atomic E-state index is -0.398. The molecular weight excluding hydrogens is 226 g/mol. The molecule has 0 radical (unpaired) electrons. The molecule has 0 unspecified atom stereocenters. The summed E-state index contributed by atoms with van der Waals surface area (Å²) in [5.41, 5.74) is 0. The van der Waals surface area contributed by atoms with E-state index in [0.29, 0.717) is 19.8 Å². The van der Waals surface area contributed by atoms with Crippen LogP contribution in [0.15, 0.2) is 0 Å². The fourth-order valence-electron chi connectivity index (χ4n) is 1.23. The lowest BCUT2D eigenvalue weighted by atomic mass is 10.7. The molecule has 0 rings (SSSR count). The molecule has 0 heterocycles. The fourth-order valence-corrected chi connectivity index (χ4v) is 2.48. The lowest BCUT2D eigenvalue weighted by Crippen LogP contribution is -2.30. The van der Waals surface area contributed by atoms with Crippen LogP contribution in [0.3, 0.4) is 0 Å². The summed E-state index contributed by atoms with van der Waals surface area (Å²) >= 11 is 0. The first-order valence-electron chi connectivity index (χ1n) is 5.88. The first-order valence-corrected chi connectivity index (χ1v) is 7.88. The quantitative estimate of drug-likeness (QED) is 0.371. The number of alkyl carbamates (subject to hydrolysis) is 1. The fraction of sp³-hybridized carbons (Fsp3) is 0.900. The Morgan fingerprint density at radius 1 is 1.19 bits per heavy atom. The average Bonchev–Trinajstić information content (AvgIpc) is 2.25. The van der Waals surface area contributed by atoms with Crippen LogP contribution in [0.5, 0.6) is 0 Å². The van der Waals surface area contributed by atoms with Gasteiger partial charge in [0.2, 0.25) is 0 Å². The largest absolute Gasteiger partial charge is 0.450 e. The first-order chi connectivity index (χ1) is 7.74. The van der Waals surface area contributed by atoms with E-state index in [1.165, 1.54) is 0 Å². The van der Waals surface area contributed by atoms with Gasteiger partial charge in [-0.25, -0.2) is 4.79 Å². The second kappa shape index (κ2) is 10.9. The summed E-state index contributed by atoms with van der Waals surface area (Å²) in [6.45, 7) is 7.41. The van der Waals surface area contributed by atoms with Gasteiger partial charge in [-0.05, 0) is 26.8 Å². The molecule has 1 N–H and O–H groups in total. The molecule has 0 saturated heterocycles. The number of nitrogens with one attached hydrogen (secondary N) is 1. The number of rotatable bonds is 9. The van der Waals surface area contributed by atoms with Crippen LogP contribution in [-0.4, -0.2) is 47.9 Å². The smallest absolute Gasteiger partial charge is 0.406 e. The van der Waals surface area contributed by atoms with E-state index in [1.807, 2.05) is 13.8 Å². The molecule has 0 aliphatic rings. The Morgan fingerprint density at radius 2 is 1.81 bits per heavy atom. The number of carbonyl (C=O) groups excluding carboxylic acids is 1. The van der Waals surface area contributed by atoms with E-state index in [0.717, 1.165) is 12.2 Å². The zero-order chi connectivity index (χ0) is 12.2. The molecular formula is C10H23NO4Si. The van der Waals surface area contributed by atoms with Crippen molar-refractivity contribution in [1.29, 1.82) is 0 Å². The van der Waals surface area contributed by atoms with Crippen molar-refractivity contribution in [3.05, 3.63) is 0 Å². The normalized spacial score (nSPS) is 11.2. The SMILES string of the molecule is CCOC(=O)NC[SiH2]CC(OCC)OCC. The van der Waals surface area contributed by atoms with Gasteiger partial charge in [0.05, 0.1) is 6.61 Å². The Balaban J connectivity index is 3.49. The molecule has 0 aliphatic carbocycles. The monoisotopic (exact) mass is 249 g/mol. The van der Waals surface area contributed by atoms with Crippen LogP contribution in [0.1, 0.15) is 20.8 Å². The van der Waals surface area contributed by atoms with Gasteiger partial charge in [0.1, 0.15) is 0 Å². The van der Waals surface area contributed by atoms with E-state index in [4.69, 9.17) is 14.2 Å². The number of hydrogen-bond donors (Lipinski definition) is 1. The Kier molecular flexibility index (Phi) is 10.5. The Bertz CT molecular complexity index is 174. The van der Waals surface area contributed by atoms with Crippen molar-refractivity contribution in [1.82, 2.24) is 5.32 Å². The zero-order valence-electron chi connectivity index (χ0n) is 10.5. The van der Waals surface area contributed by atoms with Crippen LogP contribution in [0.4, 0.5) is 4.79 Å². The lowest BCUT2D eigenvalue weighted by Gasteiger charge is -2.16. The maximum absolute atomic E-state index is 11.0. The van der Waals surface area contributed by atoms with Crippen LogP contribution >= 0.6 is 0 Å². The summed E-state index contributed by atoms with van der Waals surface area (Å²) in [6.07, 6.45) is 0.278. The highest BCUT2D eigenvalue weighted by molar-refractivity contribution is 6.36. The Labute approximate surface area is 99.7 Å². The lowest BCUT2D eigenvalue weighted by molar-refractivity contribution is -0.123. The molecule has 0 atom stereocenters. The molecule has 16 heavy (non-hydrogen) atoms. The molecule has 0 fully saturated rings. The molecule has 0 bridgehead atoms. The number of ether oxygens (including phenoxy) is 3. The van der Waals surface area contributed by atoms with Gasteiger partial charge in [0.15, 0.2) is 6.29 Å². The van der Waals surface area contributed by atoms with Gasteiger partial charge in [-0.1, -0.05) is 0 Å². The topological polar surface area (TPSA) is 56.8 Å². The van der Waals surface area contributed by atoms with Crippen molar-refractivity contribution >= 4 is 15.6 Å². The molecule has 6 heteroatoms. The second-order valence-electron chi connectivity index (χ2n) is 3.13. The summed E-state index contributed by atoms with van der Waals surface area (Å²) in [5, 5.41) is 2.71. The van der Waals surface area contributed by atoms with E-state index in [-0.39, 0.29) is 12.4 Å². The van der Waals surface area contributed by atoms with Gasteiger partial charge in [0, 0.05) is 28.9 Å². The van der Waals surface area contributed by atoms with Crippen LogP contribution < -0.4 is 5.32 Å². The Morgan fingerprint density at radius 3 is 2.31 bits per heavy atom. The predicted molar refractivity (Wildman–Crippen MR) is 65.4 cm³/mol. The average molecular weight is 249 g/mol. The van der Waals surface area contributed by atoms with Crippen molar-refractivity contribution in [3.63, 3.8) is 0 Å². The summed E-state index contributed by atoms with van der Waals surface area (Å²) in [5.74, 6) is 0. The first kappa shape index (κ1) is 15.4. The van der Waals surface area contributed by atoms with Crippen LogP contribution in [-0.2, 0) is 14.2 Å². The standard InChI is InChI=1S/C10H23NO4Si/c1-4-13-9(14-5-2)7-16-8-11-10(12)15-6-3/h9H,4-8,16H2,1-3H3,(H,11,12). The van der Waals surface area contributed by atoms with Gasteiger partial charge >= 0.3 is 6.09 Å². The number of carbonyl (C=O) groups is 1. The molecule has 1 amide bonds. The van der Waals surface area contributed by atoms with Gasteiger partial charge in [-0.2, -0.15) is 0 Å². The highest BCUT2D eigenvalue weighted by atomic mass is 28.2. The molecule has 96 valence electrons. The van der Waals surface area contributed by atoms with E-state index >= 15 is 0 Å². The molecule has 0 spiro atoms. The zero-order valence-corrected chi connectivity index (χ0v) is 11.9. The minimum Gasteiger partial charge on any atom is -0.450 e. The van der Waals surface area contributed by atoms with E-state index in [1.54, 1.807) is 6.92 Å². The summed E-state index contributed by atoms with van der Waals surface area (Å²) in [7, 11) is -0.398. The third-order valence-corrected chi connectivity index (χ3v) is 3.35. The minimum absolute atomic E-state index is 0.106. The van der Waals surface area contributed by atoms with Crippen molar-refractivity contribution < 1.29 is 19.0 Å². The van der Waals surface area contributed by atoms with Crippen molar-refractivity contribution in [2.24, 2.45) is 0 Å². The molecule has 0 aromatic carbocycles. The van der Waals surface area contributed by atoms with Crippen molar-refractivity contribution in [3.8, 4) is 0 Å². The van der Waals surface area contributed by atoms with Crippen LogP contribution in [0.25, 0.3) is 0 Å². The van der Waals surface area contributed by atoms with Gasteiger partial charge in [0.25, 0.3) is 0 Å². The summed E-state index contributed by atoms with van der Waals surface area (Å²) in [6, 6.07) is 0.911. The highest BCUT2D eigenvalue weighted by Gasteiger charge is 2.08. The summed E-state index contributed by atoms with van der Waals surface area (Å²) < 4.78 is 15.6. The molecule has 0 saturated carbocycles. The van der Waals surface area contributed by atoms with Crippen molar-refractivity contribution in [2.75, 3.05) is 26.0 Å². The maximum Gasteiger partial charge on any atom is 0.406 e. The predicted octanol–water partition coefficient (Wildman–Crippen LogP) is 0.676. The van der Waals surface area contributed by atoms with Gasteiger partial charge < -0.3 is 19.5 Å². The van der Waals surface area contributed by atoms with E-state index in [9.17, 15) is 4.79 Å². The van der Waals surface area contributed by atoms with Gasteiger partial charge in [-0.3, -0.25) is 0 Å². The van der Waals surface area contributed by atoms with Crippen LogP contribution in [0, 0.1) is 0 Å². The van der Waals surface area contributed by atoms with E-state index < -0.39 is 9.52 Å². The van der Waals surface area contributed by atoms with Crippen molar-refractivity contribution in [2.45, 2.75) is 33.1 Å². The molecule has 5 nitrogen and oxygen atoms in total. The maximum atomic E-state index is 11.0. The van der Waals surface area contributed by atoms with Crippen LogP contribution in [0.2, 0.25) is 6.04 Å². The second-order valence-corrected chi connectivity index (χ2v) is 4.91. The third kappa shape index (κ3) is 8.69. The molecule has 0 aromatic heterocycles. The molecule has 0 aliphatic heterocycles. The highest BCUT2D eigenvalue weighted by Crippen LogP contribution is 2.00. The van der Waals surface area contributed by atoms with E-state index in [2.05, 4.69) is 5.32 Å². The summed E-state index contributed by atoms with van der Waals surface area (Å²) in [4.78, 5) is 11.0. The number of hydrogen-bond acceptors (Lipinski definition) is 4. The van der Waals surface area contributed by atoms with Gasteiger partial charge in [-0.15, -0.1) is 0 Å². The third-order valence-electron chi connectivity index (χ3n) is 1.87. The molecule has 0 aromatic rings. The number of amides is 1. The Hall–Kier alpha value is -0.593.